The molecule has 8 heteroatoms. The van der Waals surface area contributed by atoms with Crippen LogP contribution in [0.2, 0.25) is 0 Å². The second-order valence-corrected chi connectivity index (χ2v) is 7.24. The Bertz CT molecular complexity index is 639. The first-order valence-electron chi connectivity index (χ1n) is 5.76. The van der Waals surface area contributed by atoms with Crippen LogP contribution >= 0.6 is 22.6 Å². The third-order valence-electron chi connectivity index (χ3n) is 2.52. The number of benzene rings is 1. The monoisotopic (exact) mass is 406 g/mol. The Morgan fingerprint density at radius 1 is 1.50 bits per heavy atom. The van der Waals surface area contributed by atoms with Crippen LogP contribution in [-0.2, 0) is 10.0 Å². The zero-order valence-electron chi connectivity index (χ0n) is 11.0. The molecule has 0 aliphatic carbocycles. The SMILES string of the molecule is C=C(CCN=[N+]=[N-])CN(c1ccccc1I)S(C)(=O)=O. The summed E-state index contributed by atoms with van der Waals surface area (Å²) in [6.07, 6.45) is 1.62. The zero-order chi connectivity index (χ0) is 15.2. The molecule has 0 aromatic heterocycles. The Morgan fingerprint density at radius 3 is 2.70 bits per heavy atom. The topological polar surface area (TPSA) is 86.1 Å². The normalized spacial score (nSPS) is 10.7. The first kappa shape index (κ1) is 16.8. The molecule has 20 heavy (non-hydrogen) atoms. The summed E-state index contributed by atoms with van der Waals surface area (Å²) in [5.74, 6) is 0. The standard InChI is InChI=1S/C12H15IN4O2S/c1-10(7-8-15-16-14)9-17(20(2,18)19)12-6-4-3-5-11(12)13/h3-6H,1,7-9H2,2H3. The minimum atomic E-state index is -3.40. The molecule has 1 aromatic carbocycles. The predicted molar refractivity (Wildman–Crippen MR) is 89.1 cm³/mol. The Morgan fingerprint density at radius 2 is 2.15 bits per heavy atom. The van der Waals surface area contributed by atoms with E-state index in [1.54, 1.807) is 12.1 Å². The molecule has 0 radical (unpaired) electrons. The second-order valence-electron chi connectivity index (χ2n) is 4.18. The summed E-state index contributed by atoms with van der Waals surface area (Å²) < 4.78 is 26.1. The number of halogens is 1. The van der Waals surface area contributed by atoms with Crippen LogP contribution in [-0.4, -0.2) is 27.8 Å². The maximum atomic E-state index is 11.9. The number of rotatable bonds is 7. The Balaban J connectivity index is 2.96. The van der Waals surface area contributed by atoms with Crippen molar-refractivity contribution < 1.29 is 8.42 Å². The summed E-state index contributed by atoms with van der Waals surface area (Å²) in [4.78, 5) is 2.66. The van der Waals surface area contributed by atoms with Gasteiger partial charge in [-0.25, -0.2) is 8.42 Å². The summed E-state index contributed by atoms with van der Waals surface area (Å²) in [6.45, 7) is 4.30. The van der Waals surface area contributed by atoms with Gasteiger partial charge in [-0.2, -0.15) is 0 Å². The van der Waals surface area contributed by atoms with Crippen LogP contribution in [0.3, 0.4) is 0 Å². The van der Waals surface area contributed by atoms with Gasteiger partial charge in [-0.05, 0) is 46.7 Å². The fourth-order valence-corrected chi connectivity index (χ4v) is 3.35. The maximum Gasteiger partial charge on any atom is 0.232 e. The highest BCUT2D eigenvalue weighted by atomic mass is 127. The number of sulfonamides is 1. The van der Waals surface area contributed by atoms with E-state index in [4.69, 9.17) is 5.53 Å². The molecule has 0 spiro atoms. The summed E-state index contributed by atoms with van der Waals surface area (Å²) in [5, 5.41) is 3.42. The number of azide groups is 1. The van der Waals surface area contributed by atoms with Crippen molar-refractivity contribution in [2.24, 2.45) is 5.11 Å². The van der Waals surface area contributed by atoms with E-state index >= 15 is 0 Å². The lowest BCUT2D eigenvalue weighted by Crippen LogP contribution is -2.32. The molecule has 0 saturated carbocycles. The van der Waals surface area contributed by atoms with E-state index in [0.717, 1.165) is 9.83 Å². The molecular formula is C12H15IN4O2S. The van der Waals surface area contributed by atoms with Crippen molar-refractivity contribution >= 4 is 38.3 Å². The lowest BCUT2D eigenvalue weighted by Gasteiger charge is -2.24. The third-order valence-corrected chi connectivity index (χ3v) is 4.56. The molecule has 0 aliphatic rings. The highest BCUT2D eigenvalue weighted by Crippen LogP contribution is 2.25. The molecule has 0 amide bonds. The molecule has 1 rings (SSSR count). The van der Waals surface area contributed by atoms with Gasteiger partial charge in [-0.3, -0.25) is 4.31 Å². The lowest BCUT2D eigenvalue weighted by molar-refractivity contribution is 0.597. The van der Waals surface area contributed by atoms with Crippen molar-refractivity contribution in [1.29, 1.82) is 0 Å². The van der Waals surface area contributed by atoms with Crippen molar-refractivity contribution in [3.05, 3.63) is 50.4 Å². The first-order chi connectivity index (χ1) is 9.36. The summed E-state index contributed by atoms with van der Waals surface area (Å²) >= 11 is 2.09. The summed E-state index contributed by atoms with van der Waals surface area (Å²) in [6, 6.07) is 7.24. The van der Waals surface area contributed by atoms with Gasteiger partial charge in [0, 0.05) is 15.0 Å². The third kappa shape index (κ3) is 5.03. The van der Waals surface area contributed by atoms with E-state index in [9.17, 15) is 8.42 Å². The first-order valence-corrected chi connectivity index (χ1v) is 8.68. The van der Waals surface area contributed by atoms with Crippen LogP contribution in [0.15, 0.2) is 41.5 Å². The minimum Gasteiger partial charge on any atom is -0.265 e. The number of para-hydroxylation sites is 1. The highest BCUT2D eigenvalue weighted by Gasteiger charge is 2.19. The Hall–Kier alpha value is -1.25. The molecule has 0 atom stereocenters. The van der Waals surface area contributed by atoms with Crippen molar-refractivity contribution in [2.45, 2.75) is 6.42 Å². The zero-order valence-corrected chi connectivity index (χ0v) is 14.0. The van der Waals surface area contributed by atoms with E-state index in [1.807, 2.05) is 12.1 Å². The van der Waals surface area contributed by atoms with Gasteiger partial charge in [0.05, 0.1) is 18.5 Å². The molecule has 0 unspecified atom stereocenters. The molecule has 0 heterocycles. The molecule has 0 aliphatic heterocycles. The van der Waals surface area contributed by atoms with Crippen molar-refractivity contribution in [1.82, 2.24) is 0 Å². The quantitative estimate of drug-likeness (QED) is 0.229. The fraction of sp³-hybridized carbons (Fsp3) is 0.333. The number of nitrogens with zero attached hydrogens (tertiary/aromatic N) is 4. The van der Waals surface area contributed by atoms with Gasteiger partial charge in [-0.15, -0.1) is 0 Å². The van der Waals surface area contributed by atoms with E-state index in [1.165, 1.54) is 4.31 Å². The maximum absolute atomic E-state index is 11.9. The van der Waals surface area contributed by atoms with Gasteiger partial charge in [0.25, 0.3) is 0 Å². The molecule has 1 aromatic rings. The molecule has 108 valence electrons. The lowest BCUT2D eigenvalue weighted by atomic mass is 10.2. The number of hydrogen-bond acceptors (Lipinski definition) is 3. The van der Waals surface area contributed by atoms with Crippen LogP contribution in [0.25, 0.3) is 10.4 Å². The average molecular weight is 406 g/mol. The van der Waals surface area contributed by atoms with Gasteiger partial charge >= 0.3 is 0 Å². The Kier molecular flexibility index (Phi) is 6.31. The van der Waals surface area contributed by atoms with Crippen LogP contribution in [0, 0.1) is 3.57 Å². The smallest absolute Gasteiger partial charge is 0.232 e. The highest BCUT2D eigenvalue weighted by molar-refractivity contribution is 14.1. The van der Waals surface area contributed by atoms with Crippen LogP contribution in [0.5, 0.6) is 0 Å². The van der Waals surface area contributed by atoms with Crippen LogP contribution < -0.4 is 4.31 Å². The largest absolute Gasteiger partial charge is 0.265 e. The van der Waals surface area contributed by atoms with Crippen molar-refractivity contribution in [2.75, 3.05) is 23.7 Å². The second kappa shape index (κ2) is 7.51. The molecular weight excluding hydrogens is 391 g/mol. The predicted octanol–water partition coefficient (Wildman–Crippen LogP) is 3.31. The van der Waals surface area contributed by atoms with E-state index in [-0.39, 0.29) is 13.1 Å². The fourth-order valence-electron chi connectivity index (χ4n) is 1.57. The Labute approximate surface area is 132 Å². The van der Waals surface area contributed by atoms with Crippen LogP contribution in [0.4, 0.5) is 5.69 Å². The number of anilines is 1. The van der Waals surface area contributed by atoms with Gasteiger partial charge in [-0.1, -0.05) is 29.4 Å². The molecule has 0 fully saturated rings. The molecule has 0 saturated heterocycles. The number of hydrogen-bond donors (Lipinski definition) is 0. The van der Waals surface area contributed by atoms with Gasteiger partial charge in [0.2, 0.25) is 10.0 Å². The van der Waals surface area contributed by atoms with Gasteiger partial charge in [0.1, 0.15) is 0 Å². The van der Waals surface area contributed by atoms with E-state index in [2.05, 4.69) is 39.2 Å². The minimum absolute atomic E-state index is 0.180. The molecule has 0 N–H and O–H groups in total. The van der Waals surface area contributed by atoms with E-state index < -0.39 is 10.0 Å². The van der Waals surface area contributed by atoms with Gasteiger partial charge in [0.15, 0.2) is 0 Å². The van der Waals surface area contributed by atoms with Gasteiger partial charge < -0.3 is 0 Å². The molecule has 0 bridgehead atoms. The molecule has 6 nitrogen and oxygen atoms in total. The average Bonchev–Trinajstić information content (AvgIpc) is 2.36. The summed E-state index contributed by atoms with van der Waals surface area (Å²) in [5.41, 5.74) is 9.55. The van der Waals surface area contributed by atoms with Crippen LogP contribution in [0.1, 0.15) is 6.42 Å². The summed E-state index contributed by atoms with van der Waals surface area (Å²) in [7, 11) is -3.40. The van der Waals surface area contributed by atoms with Crippen molar-refractivity contribution in [3.63, 3.8) is 0 Å². The van der Waals surface area contributed by atoms with E-state index in [0.29, 0.717) is 17.7 Å². The van der Waals surface area contributed by atoms with Crippen molar-refractivity contribution in [3.8, 4) is 0 Å².